The molecule has 1 amide bonds. The number of carbonyl (C=O) groups is 1. The fraction of sp³-hybridized carbons (Fsp3) is 0.300. The number of likely N-dealkylation sites (N-methyl/N-ethyl adjacent to an activating group) is 1. The number of nitro groups is 1. The molecule has 6 nitrogen and oxygen atoms in total. The Bertz CT molecular complexity index is 450. The van der Waals surface area contributed by atoms with Crippen molar-refractivity contribution in [1.82, 2.24) is 4.90 Å². The molecule has 7 heteroatoms. The summed E-state index contributed by atoms with van der Waals surface area (Å²) < 4.78 is 0. The van der Waals surface area contributed by atoms with E-state index in [1.807, 2.05) is 0 Å². The number of carbonyl (C=O) groups excluding carboxylic acids is 1. The summed E-state index contributed by atoms with van der Waals surface area (Å²) in [6.07, 6.45) is 0. The van der Waals surface area contributed by atoms with E-state index in [2.05, 4.69) is 0 Å². The lowest BCUT2D eigenvalue weighted by atomic mass is 10.2. The molecule has 17 heavy (non-hydrogen) atoms. The number of nitro benzene ring substituents is 1. The number of nitrogens with two attached hydrogens (primary N) is 1. The van der Waals surface area contributed by atoms with E-state index in [-0.39, 0.29) is 24.7 Å². The molecule has 0 bridgehead atoms. The third-order valence-corrected chi connectivity index (χ3v) is 2.62. The van der Waals surface area contributed by atoms with Crippen LogP contribution in [0.3, 0.4) is 0 Å². The summed E-state index contributed by atoms with van der Waals surface area (Å²) in [5.41, 5.74) is 5.67. The van der Waals surface area contributed by atoms with Crippen molar-refractivity contribution in [3.05, 3.63) is 38.9 Å². The fourth-order valence-corrected chi connectivity index (χ4v) is 1.47. The maximum absolute atomic E-state index is 11.3. The molecule has 0 aliphatic carbocycles. The van der Waals surface area contributed by atoms with Crippen LogP contribution < -0.4 is 5.73 Å². The minimum atomic E-state index is -0.509. The zero-order valence-electron chi connectivity index (χ0n) is 9.22. The van der Waals surface area contributed by atoms with Crippen LogP contribution in [-0.4, -0.2) is 29.3 Å². The number of hydrogen-bond donors (Lipinski definition) is 1. The van der Waals surface area contributed by atoms with Crippen molar-refractivity contribution in [2.24, 2.45) is 5.73 Å². The normalized spacial score (nSPS) is 10.1. The molecule has 2 N–H and O–H groups in total. The van der Waals surface area contributed by atoms with Gasteiger partial charge in [0.05, 0.1) is 11.5 Å². The highest BCUT2D eigenvalue weighted by molar-refractivity contribution is 6.31. The molecule has 92 valence electrons. The van der Waals surface area contributed by atoms with Gasteiger partial charge in [-0.05, 0) is 11.6 Å². The van der Waals surface area contributed by atoms with E-state index in [0.29, 0.717) is 10.6 Å². The molecule has 0 saturated carbocycles. The second kappa shape index (κ2) is 5.60. The predicted octanol–water partition coefficient (Wildman–Crippen LogP) is 1.17. The van der Waals surface area contributed by atoms with Crippen molar-refractivity contribution in [3.63, 3.8) is 0 Å². The van der Waals surface area contributed by atoms with Gasteiger partial charge < -0.3 is 10.6 Å². The topological polar surface area (TPSA) is 89.5 Å². The van der Waals surface area contributed by atoms with Gasteiger partial charge in [0.2, 0.25) is 5.91 Å². The van der Waals surface area contributed by atoms with Gasteiger partial charge in [-0.25, -0.2) is 0 Å². The standard InChI is InChI=1S/C10H12ClN3O3/c1-13(10(15)5-12)6-7-4-8(14(16)17)2-3-9(7)11/h2-4H,5-6,12H2,1H3. The summed E-state index contributed by atoms with van der Waals surface area (Å²) in [5.74, 6) is -0.257. The van der Waals surface area contributed by atoms with E-state index in [4.69, 9.17) is 17.3 Å². The molecular formula is C10H12ClN3O3. The summed E-state index contributed by atoms with van der Waals surface area (Å²) in [5, 5.41) is 11.0. The van der Waals surface area contributed by atoms with Crippen molar-refractivity contribution >= 4 is 23.2 Å². The summed E-state index contributed by atoms with van der Waals surface area (Å²) in [4.78, 5) is 22.7. The van der Waals surface area contributed by atoms with Crippen LogP contribution in [0, 0.1) is 10.1 Å². The first-order valence-corrected chi connectivity index (χ1v) is 5.20. The molecule has 1 aromatic carbocycles. The number of rotatable bonds is 4. The zero-order chi connectivity index (χ0) is 13.0. The molecule has 0 radical (unpaired) electrons. The van der Waals surface area contributed by atoms with Crippen molar-refractivity contribution < 1.29 is 9.72 Å². The Kier molecular flexibility index (Phi) is 4.42. The number of non-ortho nitro benzene ring substituents is 1. The van der Waals surface area contributed by atoms with Crippen LogP contribution in [0.1, 0.15) is 5.56 Å². The number of benzene rings is 1. The van der Waals surface area contributed by atoms with E-state index in [1.165, 1.54) is 23.1 Å². The highest BCUT2D eigenvalue weighted by atomic mass is 35.5. The van der Waals surface area contributed by atoms with Crippen LogP contribution in [0.5, 0.6) is 0 Å². The molecule has 0 aliphatic heterocycles. The highest BCUT2D eigenvalue weighted by Crippen LogP contribution is 2.23. The molecule has 0 atom stereocenters. The molecule has 0 saturated heterocycles. The van der Waals surface area contributed by atoms with Gasteiger partial charge in [0.15, 0.2) is 0 Å². The first kappa shape index (κ1) is 13.4. The van der Waals surface area contributed by atoms with Gasteiger partial charge in [-0.3, -0.25) is 14.9 Å². The van der Waals surface area contributed by atoms with E-state index in [0.717, 1.165) is 0 Å². The zero-order valence-corrected chi connectivity index (χ0v) is 9.98. The maximum Gasteiger partial charge on any atom is 0.269 e. The first-order chi connectivity index (χ1) is 7.95. The minimum absolute atomic E-state index is 0.0574. The van der Waals surface area contributed by atoms with Gasteiger partial charge in [0.25, 0.3) is 5.69 Å². The molecule has 1 rings (SSSR count). The van der Waals surface area contributed by atoms with Gasteiger partial charge >= 0.3 is 0 Å². The molecule has 0 aromatic heterocycles. The van der Waals surface area contributed by atoms with Crippen molar-refractivity contribution in [2.45, 2.75) is 6.54 Å². The van der Waals surface area contributed by atoms with Crippen LogP contribution in [0.25, 0.3) is 0 Å². The van der Waals surface area contributed by atoms with Crippen molar-refractivity contribution in [1.29, 1.82) is 0 Å². The van der Waals surface area contributed by atoms with Crippen molar-refractivity contribution in [2.75, 3.05) is 13.6 Å². The lowest BCUT2D eigenvalue weighted by molar-refractivity contribution is -0.384. The van der Waals surface area contributed by atoms with Crippen molar-refractivity contribution in [3.8, 4) is 0 Å². The van der Waals surface area contributed by atoms with Crippen LogP contribution >= 0.6 is 11.6 Å². The third-order valence-electron chi connectivity index (χ3n) is 2.25. The second-order valence-electron chi connectivity index (χ2n) is 3.49. The number of nitrogens with zero attached hydrogens (tertiary/aromatic N) is 2. The molecule has 1 aromatic rings. The van der Waals surface area contributed by atoms with E-state index in [1.54, 1.807) is 7.05 Å². The monoisotopic (exact) mass is 257 g/mol. The first-order valence-electron chi connectivity index (χ1n) is 4.82. The maximum atomic E-state index is 11.3. The minimum Gasteiger partial charge on any atom is -0.340 e. The lowest BCUT2D eigenvalue weighted by Crippen LogP contribution is -2.32. The summed E-state index contributed by atoms with van der Waals surface area (Å²) in [7, 11) is 1.56. The summed E-state index contributed by atoms with van der Waals surface area (Å²) in [6.45, 7) is 0.0829. The Hall–Kier alpha value is -1.66. The van der Waals surface area contributed by atoms with Gasteiger partial charge in [-0.1, -0.05) is 11.6 Å². The van der Waals surface area contributed by atoms with E-state index >= 15 is 0 Å². The Morgan fingerprint density at radius 2 is 2.24 bits per heavy atom. The Morgan fingerprint density at radius 1 is 1.59 bits per heavy atom. The van der Waals surface area contributed by atoms with Gasteiger partial charge in [0, 0.05) is 30.7 Å². The summed E-state index contributed by atoms with van der Waals surface area (Å²) in [6, 6.07) is 4.11. The Morgan fingerprint density at radius 3 is 2.76 bits per heavy atom. The Balaban J connectivity index is 2.93. The quantitative estimate of drug-likeness (QED) is 0.647. The average molecular weight is 258 g/mol. The molecule has 0 heterocycles. The van der Waals surface area contributed by atoms with E-state index < -0.39 is 4.92 Å². The number of halogens is 1. The molecule has 0 fully saturated rings. The predicted molar refractivity (Wildman–Crippen MR) is 63.6 cm³/mol. The number of amides is 1. The van der Waals surface area contributed by atoms with Crippen LogP contribution in [0.2, 0.25) is 5.02 Å². The largest absolute Gasteiger partial charge is 0.340 e. The molecule has 0 unspecified atom stereocenters. The van der Waals surface area contributed by atoms with Crippen LogP contribution in [0.4, 0.5) is 5.69 Å². The fourth-order valence-electron chi connectivity index (χ4n) is 1.30. The lowest BCUT2D eigenvalue weighted by Gasteiger charge is -2.16. The van der Waals surface area contributed by atoms with Gasteiger partial charge in [-0.2, -0.15) is 0 Å². The molecule has 0 aliphatic rings. The van der Waals surface area contributed by atoms with Gasteiger partial charge in [-0.15, -0.1) is 0 Å². The van der Waals surface area contributed by atoms with Crippen LogP contribution in [-0.2, 0) is 11.3 Å². The second-order valence-corrected chi connectivity index (χ2v) is 3.89. The molecule has 0 spiro atoms. The molecular weight excluding hydrogens is 246 g/mol. The average Bonchev–Trinajstić information content (AvgIpc) is 2.30. The highest BCUT2D eigenvalue weighted by Gasteiger charge is 2.13. The smallest absolute Gasteiger partial charge is 0.269 e. The summed E-state index contributed by atoms with van der Waals surface area (Å²) >= 11 is 5.90. The SMILES string of the molecule is CN(Cc1cc([N+](=O)[O-])ccc1Cl)C(=O)CN. The Labute approximate surface area is 103 Å². The number of hydrogen-bond acceptors (Lipinski definition) is 4. The third kappa shape index (κ3) is 3.40. The van der Waals surface area contributed by atoms with Crippen LogP contribution in [0.15, 0.2) is 18.2 Å². The van der Waals surface area contributed by atoms with Gasteiger partial charge in [0.1, 0.15) is 0 Å². The van der Waals surface area contributed by atoms with E-state index in [9.17, 15) is 14.9 Å².